The van der Waals surface area contributed by atoms with Gasteiger partial charge in [0.25, 0.3) is 0 Å². The summed E-state index contributed by atoms with van der Waals surface area (Å²) in [5.41, 5.74) is 1.64. The lowest BCUT2D eigenvalue weighted by Gasteiger charge is -2.41. The molecule has 8 nitrogen and oxygen atoms in total. The molecule has 1 saturated heterocycles. The maximum Gasteiger partial charge on any atom is 0.331 e. The van der Waals surface area contributed by atoms with Gasteiger partial charge in [0, 0.05) is 18.6 Å². The normalized spacial score (nSPS) is 23.3. The van der Waals surface area contributed by atoms with E-state index in [-0.39, 0.29) is 30.6 Å². The first kappa shape index (κ1) is 18.8. The van der Waals surface area contributed by atoms with E-state index in [0.29, 0.717) is 24.7 Å². The first-order chi connectivity index (χ1) is 14.6. The Morgan fingerprint density at radius 2 is 1.87 bits per heavy atom. The van der Waals surface area contributed by atoms with Crippen molar-refractivity contribution in [1.29, 1.82) is 0 Å². The number of aromatic nitrogens is 2. The van der Waals surface area contributed by atoms with Crippen molar-refractivity contribution in [2.24, 2.45) is 4.99 Å². The Balaban J connectivity index is 1.55. The van der Waals surface area contributed by atoms with E-state index in [2.05, 4.69) is 23.9 Å². The van der Waals surface area contributed by atoms with Gasteiger partial charge >= 0.3 is 6.03 Å². The molecule has 8 heteroatoms. The number of urea groups is 1. The number of rotatable bonds is 3. The van der Waals surface area contributed by atoms with Gasteiger partial charge in [0.1, 0.15) is 12.4 Å². The summed E-state index contributed by atoms with van der Waals surface area (Å²) < 4.78 is 1.74. The number of fused-ring (bicyclic) bond motifs is 3. The van der Waals surface area contributed by atoms with Crippen LogP contribution in [0.1, 0.15) is 38.7 Å². The zero-order chi connectivity index (χ0) is 20.8. The van der Waals surface area contributed by atoms with Crippen molar-refractivity contribution < 1.29 is 9.59 Å². The highest BCUT2D eigenvalue weighted by Gasteiger charge is 2.42. The van der Waals surface area contributed by atoms with Crippen LogP contribution in [0.3, 0.4) is 0 Å². The number of hydrogen-bond donors (Lipinski definition) is 0. The standard InChI is InChI=1S/C22H26N6O2/c1-15-7-6-8-16(2)27(15)19(29)14-26-21-18(20-23-11-12-25(20)22(26)30)13-24-28(21)17-9-4-3-5-10-17/h3-5,9-10,13,15-16H,6-8,11-12,14H2,1-2H3. The fraction of sp³-hybridized carbons (Fsp3) is 0.455. The fourth-order valence-corrected chi connectivity index (χ4v) is 4.89. The number of amidine groups is 1. The van der Waals surface area contributed by atoms with Crippen molar-refractivity contribution in [2.45, 2.75) is 45.2 Å². The molecule has 0 N–H and O–H groups in total. The first-order valence-corrected chi connectivity index (χ1v) is 10.6. The third-order valence-corrected chi connectivity index (χ3v) is 6.32. The lowest BCUT2D eigenvalue weighted by Crippen LogP contribution is -2.56. The molecule has 5 rings (SSSR count). The van der Waals surface area contributed by atoms with Gasteiger partial charge in [-0.15, -0.1) is 0 Å². The molecular formula is C22H26N6O2. The van der Waals surface area contributed by atoms with E-state index in [1.807, 2.05) is 35.2 Å². The number of amides is 3. The zero-order valence-electron chi connectivity index (χ0n) is 17.4. The van der Waals surface area contributed by atoms with E-state index < -0.39 is 0 Å². The smallest absolute Gasteiger partial charge is 0.331 e. The Morgan fingerprint density at radius 1 is 1.13 bits per heavy atom. The molecule has 4 heterocycles. The van der Waals surface area contributed by atoms with Gasteiger partial charge in [-0.25, -0.2) is 9.48 Å². The quantitative estimate of drug-likeness (QED) is 0.787. The molecule has 2 aromatic rings. The van der Waals surface area contributed by atoms with Crippen molar-refractivity contribution in [2.75, 3.05) is 24.5 Å². The number of benzene rings is 1. The number of carbonyl (C=O) groups is 2. The van der Waals surface area contributed by atoms with Crippen LogP contribution >= 0.6 is 0 Å². The summed E-state index contributed by atoms with van der Waals surface area (Å²) in [6, 6.07) is 9.84. The molecule has 3 amide bonds. The van der Waals surface area contributed by atoms with Gasteiger partial charge < -0.3 is 4.90 Å². The van der Waals surface area contributed by atoms with E-state index in [9.17, 15) is 9.59 Å². The number of carbonyl (C=O) groups excluding carboxylic acids is 2. The lowest BCUT2D eigenvalue weighted by molar-refractivity contribution is -0.135. The minimum atomic E-state index is -0.206. The maximum absolute atomic E-state index is 13.4. The van der Waals surface area contributed by atoms with Gasteiger partial charge in [0.2, 0.25) is 5.91 Å². The molecule has 1 fully saturated rings. The van der Waals surface area contributed by atoms with Crippen LogP contribution < -0.4 is 4.90 Å². The minimum absolute atomic E-state index is 0.00280. The summed E-state index contributed by atoms with van der Waals surface area (Å²) in [4.78, 5) is 36.5. The molecular weight excluding hydrogens is 380 g/mol. The molecule has 0 saturated carbocycles. The van der Waals surface area contributed by atoms with Crippen molar-refractivity contribution in [3.05, 3.63) is 42.1 Å². The van der Waals surface area contributed by atoms with E-state index >= 15 is 0 Å². The summed E-state index contributed by atoms with van der Waals surface area (Å²) in [5.74, 6) is 1.25. The summed E-state index contributed by atoms with van der Waals surface area (Å²) >= 11 is 0. The van der Waals surface area contributed by atoms with Crippen LogP contribution in [0.15, 0.2) is 41.5 Å². The van der Waals surface area contributed by atoms with Gasteiger partial charge in [-0.3, -0.25) is 19.6 Å². The monoisotopic (exact) mass is 406 g/mol. The lowest BCUT2D eigenvalue weighted by atomic mass is 9.97. The predicted molar refractivity (Wildman–Crippen MR) is 114 cm³/mol. The summed E-state index contributed by atoms with van der Waals surface area (Å²) in [6.07, 6.45) is 4.88. The van der Waals surface area contributed by atoms with Crippen molar-refractivity contribution in [1.82, 2.24) is 19.6 Å². The van der Waals surface area contributed by atoms with Crippen LogP contribution in [0, 0.1) is 0 Å². The number of anilines is 1. The first-order valence-electron chi connectivity index (χ1n) is 10.6. The second-order valence-electron chi connectivity index (χ2n) is 8.28. The fourth-order valence-electron chi connectivity index (χ4n) is 4.89. The average molecular weight is 406 g/mol. The Hall–Kier alpha value is -3.16. The molecule has 1 aromatic heterocycles. The van der Waals surface area contributed by atoms with E-state index in [0.717, 1.165) is 30.5 Å². The van der Waals surface area contributed by atoms with Crippen molar-refractivity contribution >= 4 is 23.6 Å². The molecule has 1 aromatic carbocycles. The highest BCUT2D eigenvalue weighted by atomic mass is 16.2. The van der Waals surface area contributed by atoms with Gasteiger partial charge in [0.15, 0.2) is 5.82 Å². The average Bonchev–Trinajstić information content (AvgIpc) is 3.39. The molecule has 156 valence electrons. The molecule has 0 bridgehead atoms. The van der Waals surface area contributed by atoms with E-state index in [1.54, 1.807) is 20.7 Å². The van der Waals surface area contributed by atoms with E-state index in [1.165, 1.54) is 0 Å². The molecule has 0 aliphatic carbocycles. The van der Waals surface area contributed by atoms with Crippen LogP contribution in [0.2, 0.25) is 0 Å². The second-order valence-corrected chi connectivity index (χ2v) is 8.28. The third kappa shape index (κ3) is 2.89. The Labute approximate surface area is 175 Å². The topological polar surface area (TPSA) is 74.0 Å². The number of piperidine rings is 1. The third-order valence-electron chi connectivity index (χ3n) is 6.32. The maximum atomic E-state index is 13.4. The van der Waals surface area contributed by atoms with Crippen LogP contribution in [0.4, 0.5) is 10.6 Å². The zero-order valence-corrected chi connectivity index (χ0v) is 17.4. The molecule has 0 radical (unpaired) electrons. The highest BCUT2D eigenvalue weighted by Crippen LogP contribution is 2.33. The van der Waals surface area contributed by atoms with E-state index in [4.69, 9.17) is 0 Å². The van der Waals surface area contributed by atoms with Gasteiger partial charge in [-0.1, -0.05) is 18.2 Å². The van der Waals surface area contributed by atoms with Crippen LogP contribution in [-0.4, -0.2) is 69.1 Å². The Kier molecular flexibility index (Phi) is 4.56. The predicted octanol–water partition coefficient (Wildman–Crippen LogP) is 2.66. The van der Waals surface area contributed by atoms with Crippen LogP contribution in [0.5, 0.6) is 0 Å². The highest BCUT2D eigenvalue weighted by molar-refractivity contribution is 6.20. The molecule has 2 unspecified atom stereocenters. The van der Waals surface area contributed by atoms with Gasteiger partial charge in [-0.2, -0.15) is 5.10 Å². The van der Waals surface area contributed by atoms with Crippen LogP contribution in [0.25, 0.3) is 5.69 Å². The summed E-state index contributed by atoms with van der Waals surface area (Å²) in [7, 11) is 0. The Morgan fingerprint density at radius 3 is 2.60 bits per heavy atom. The second kappa shape index (κ2) is 7.27. The summed E-state index contributed by atoms with van der Waals surface area (Å²) in [5, 5.41) is 4.55. The van der Waals surface area contributed by atoms with Crippen molar-refractivity contribution in [3.8, 4) is 5.69 Å². The van der Waals surface area contributed by atoms with Crippen molar-refractivity contribution in [3.63, 3.8) is 0 Å². The largest absolute Gasteiger partial charge is 0.336 e. The number of likely N-dealkylation sites (tertiary alicyclic amines) is 1. The minimum Gasteiger partial charge on any atom is -0.336 e. The number of hydrogen-bond acceptors (Lipinski definition) is 4. The molecule has 3 aliphatic rings. The molecule has 2 atom stereocenters. The molecule has 3 aliphatic heterocycles. The molecule has 30 heavy (non-hydrogen) atoms. The van der Waals surface area contributed by atoms with Gasteiger partial charge in [-0.05, 0) is 45.2 Å². The number of nitrogens with zero attached hydrogens (tertiary/aromatic N) is 6. The summed E-state index contributed by atoms with van der Waals surface area (Å²) in [6.45, 7) is 5.29. The number of aliphatic imine (C=N–C) groups is 1. The molecule has 0 spiro atoms. The van der Waals surface area contributed by atoms with Crippen LogP contribution in [-0.2, 0) is 4.79 Å². The SMILES string of the molecule is CC1CCCC(C)N1C(=O)CN1C(=O)N2CCN=C2c2cnn(-c3ccccc3)c21. The van der Waals surface area contributed by atoms with Gasteiger partial charge in [0.05, 0.1) is 24.0 Å². The number of para-hydroxylation sites is 1. The Bertz CT molecular complexity index is 1000.